The normalized spacial score (nSPS) is 13.9. The van der Waals surface area contributed by atoms with E-state index >= 15 is 0 Å². The van der Waals surface area contributed by atoms with Crippen molar-refractivity contribution in [1.82, 2.24) is 4.90 Å². The summed E-state index contributed by atoms with van der Waals surface area (Å²) in [4.78, 5) is 13.7. The van der Waals surface area contributed by atoms with Crippen LogP contribution in [0.1, 0.15) is 27.7 Å². The van der Waals surface area contributed by atoms with Gasteiger partial charge in [-0.15, -0.1) is 0 Å². The second-order valence-electron chi connectivity index (χ2n) is 4.73. The lowest BCUT2D eigenvalue weighted by molar-refractivity contribution is -0.139. The van der Waals surface area contributed by atoms with Crippen LogP contribution in [0.5, 0.6) is 0 Å². The number of methoxy groups -OCH3 is 1. The standard InChI is InChI=1S/C11H23NO2/c1-7-12(5)10(13)9(8-14-6)11(2,3)4/h9H,7-8H2,1-6H3/t9-/m1/s1. The van der Waals surface area contributed by atoms with Crippen molar-refractivity contribution < 1.29 is 9.53 Å². The van der Waals surface area contributed by atoms with Crippen molar-refractivity contribution in [3.05, 3.63) is 0 Å². The highest BCUT2D eigenvalue weighted by atomic mass is 16.5. The number of ether oxygens (including phenoxy) is 1. The van der Waals surface area contributed by atoms with Crippen molar-refractivity contribution in [3.63, 3.8) is 0 Å². The van der Waals surface area contributed by atoms with E-state index < -0.39 is 0 Å². The molecular weight excluding hydrogens is 178 g/mol. The molecule has 0 spiro atoms. The molecule has 0 radical (unpaired) electrons. The van der Waals surface area contributed by atoms with Crippen LogP contribution >= 0.6 is 0 Å². The van der Waals surface area contributed by atoms with Gasteiger partial charge in [-0.1, -0.05) is 20.8 Å². The first kappa shape index (κ1) is 13.4. The molecule has 0 aromatic carbocycles. The Kier molecular flexibility index (Phi) is 5.13. The summed E-state index contributed by atoms with van der Waals surface area (Å²) >= 11 is 0. The van der Waals surface area contributed by atoms with Crippen LogP contribution in [0.3, 0.4) is 0 Å². The maximum atomic E-state index is 12.0. The van der Waals surface area contributed by atoms with Crippen molar-refractivity contribution in [3.8, 4) is 0 Å². The van der Waals surface area contributed by atoms with E-state index in [4.69, 9.17) is 4.74 Å². The molecule has 84 valence electrons. The van der Waals surface area contributed by atoms with Crippen molar-refractivity contribution in [2.75, 3.05) is 27.3 Å². The second-order valence-corrected chi connectivity index (χ2v) is 4.73. The van der Waals surface area contributed by atoms with E-state index in [2.05, 4.69) is 20.8 Å². The Morgan fingerprint density at radius 1 is 1.43 bits per heavy atom. The number of hydrogen-bond acceptors (Lipinski definition) is 2. The quantitative estimate of drug-likeness (QED) is 0.694. The highest BCUT2D eigenvalue weighted by molar-refractivity contribution is 5.79. The molecule has 0 aromatic heterocycles. The van der Waals surface area contributed by atoms with Crippen LogP contribution in [0.4, 0.5) is 0 Å². The summed E-state index contributed by atoms with van der Waals surface area (Å²) in [6, 6.07) is 0. The number of nitrogens with zero attached hydrogens (tertiary/aromatic N) is 1. The Morgan fingerprint density at radius 3 is 2.21 bits per heavy atom. The molecule has 0 rings (SSSR count). The van der Waals surface area contributed by atoms with Gasteiger partial charge in [-0.25, -0.2) is 0 Å². The maximum Gasteiger partial charge on any atom is 0.228 e. The fourth-order valence-corrected chi connectivity index (χ4v) is 1.28. The van der Waals surface area contributed by atoms with Gasteiger partial charge in [-0.2, -0.15) is 0 Å². The molecule has 1 atom stereocenters. The molecule has 0 unspecified atom stereocenters. The fourth-order valence-electron chi connectivity index (χ4n) is 1.28. The summed E-state index contributed by atoms with van der Waals surface area (Å²) in [5.41, 5.74) is -0.0451. The molecule has 0 bridgehead atoms. The first-order valence-electron chi connectivity index (χ1n) is 5.08. The summed E-state index contributed by atoms with van der Waals surface area (Å²) in [5.74, 6) is 0.110. The Morgan fingerprint density at radius 2 is 1.93 bits per heavy atom. The SMILES string of the molecule is CCN(C)C(=O)[C@@H](COC)C(C)(C)C. The lowest BCUT2D eigenvalue weighted by Crippen LogP contribution is -2.41. The third-order valence-electron chi connectivity index (χ3n) is 2.53. The van der Waals surface area contributed by atoms with E-state index in [9.17, 15) is 4.79 Å². The number of carbonyl (C=O) groups is 1. The predicted molar refractivity (Wildman–Crippen MR) is 58.1 cm³/mol. The van der Waals surface area contributed by atoms with Gasteiger partial charge in [0.05, 0.1) is 12.5 Å². The first-order valence-corrected chi connectivity index (χ1v) is 5.08. The molecule has 0 N–H and O–H groups in total. The molecule has 0 aromatic rings. The van der Waals surface area contributed by atoms with Gasteiger partial charge in [0, 0.05) is 20.7 Å². The van der Waals surface area contributed by atoms with Crippen molar-refractivity contribution in [2.45, 2.75) is 27.7 Å². The molecular formula is C11H23NO2. The molecule has 3 heteroatoms. The van der Waals surface area contributed by atoms with Crippen LogP contribution in [0, 0.1) is 11.3 Å². The highest BCUT2D eigenvalue weighted by Crippen LogP contribution is 2.27. The molecule has 0 aliphatic heterocycles. The van der Waals surface area contributed by atoms with Crippen LogP contribution in [0.25, 0.3) is 0 Å². The van der Waals surface area contributed by atoms with Gasteiger partial charge < -0.3 is 9.64 Å². The van der Waals surface area contributed by atoms with Gasteiger partial charge in [0.25, 0.3) is 0 Å². The Labute approximate surface area is 87.4 Å². The molecule has 3 nitrogen and oxygen atoms in total. The van der Waals surface area contributed by atoms with Gasteiger partial charge >= 0.3 is 0 Å². The van der Waals surface area contributed by atoms with Crippen LogP contribution in [-0.4, -0.2) is 38.1 Å². The van der Waals surface area contributed by atoms with Crippen LogP contribution in [0.2, 0.25) is 0 Å². The largest absolute Gasteiger partial charge is 0.384 e. The molecule has 0 heterocycles. The molecule has 1 amide bonds. The average molecular weight is 201 g/mol. The number of hydrogen-bond donors (Lipinski definition) is 0. The zero-order chi connectivity index (χ0) is 11.4. The topological polar surface area (TPSA) is 29.5 Å². The van der Waals surface area contributed by atoms with Crippen molar-refractivity contribution in [2.24, 2.45) is 11.3 Å². The van der Waals surface area contributed by atoms with E-state index in [1.165, 1.54) is 0 Å². The minimum atomic E-state index is -0.0579. The third kappa shape index (κ3) is 3.66. The number of rotatable bonds is 4. The minimum Gasteiger partial charge on any atom is -0.384 e. The first-order chi connectivity index (χ1) is 6.34. The molecule has 0 fully saturated rings. The van der Waals surface area contributed by atoms with E-state index in [1.807, 2.05) is 14.0 Å². The number of carbonyl (C=O) groups excluding carboxylic acids is 1. The van der Waals surface area contributed by atoms with Crippen LogP contribution in [0.15, 0.2) is 0 Å². The summed E-state index contributed by atoms with van der Waals surface area (Å²) in [5, 5.41) is 0. The molecule has 0 saturated heterocycles. The molecule has 0 saturated carbocycles. The van der Waals surface area contributed by atoms with Gasteiger partial charge in [-0.3, -0.25) is 4.79 Å². The van der Waals surface area contributed by atoms with Gasteiger partial charge in [-0.05, 0) is 12.3 Å². The molecule has 0 aliphatic rings. The smallest absolute Gasteiger partial charge is 0.228 e. The van der Waals surface area contributed by atoms with E-state index in [1.54, 1.807) is 12.0 Å². The fraction of sp³-hybridized carbons (Fsp3) is 0.909. The Bertz CT molecular complexity index is 184. The number of amides is 1. The minimum absolute atomic E-state index is 0.0451. The van der Waals surface area contributed by atoms with Crippen LogP contribution < -0.4 is 0 Å². The Hall–Kier alpha value is -0.570. The lowest BCUT2D eigenvalue weighted by Gasteiger charge is -2.32. The van der Waals surface area contributed by atoms with Gasteiger partial charge in [0.15, 0.2) is 0 Å². The predicted octanol–water partition coefficient (Wildman–Crippen LogP) is 1.77. The van der Waals surface area contributed by atoms with E-state index in [0.29, 0.717) is 6.61 Å². The maximum absolute atomic E-state index is 12.0. The molecule has 14 heavy (non-hydrogen) atoms. The zero-order valence-electron chi connectivity index (χ0n) is 10.3. The Balaban J connectivity index is 4.57. The van der Waals surface area contributed by atoms with Crippen molar-refractivity contribution in [1.29, 1.82) is 0 Å². The zero-order valence-corrected chi connectivity index (χ0v) is 10.3. The molecule has 0 aliphatic carbocycles. The summed E-state index contributed by atoms with van der Waals surface area (Å²) in [6.07, 6.45) is 0. The average Bonchev–Trinajstić information content (AvgIpc) is 2.09. The van der Waals surface area contributed by atoms with E-state index in [-0.39, 0.29) is 17.2 Å². The van der Waals surface area contributed by atoms with Crippen LogP contribution in [-0.2, 0) is 9.53 Å². The van der Waals surface area contributed by atoms with Gasteiger partial charge in [0.2, 0.25) is 5.91 Å². The lowest BCUT2D eigenvalue weighted by atomic mass is 9.80. The monoisotopic (exact) mass is 201 g/mol. The second kappa shape index (κ2) is 5.35. The van der Waals surface area contributed by atoms with Gasteiger partial charge in [0.1, 0.15) is 0 Å². The third-order valence-corrected chi connectivity index (χ3v) is 2.53. The van der Waals surface area contributed by atoms with Crippen molar-refractivity contribution >= 4 is 5.91 Å². The summed E-state index contributed by atoms with van der Waals surface area (Å²) in [6.45, 7) is 9.42. The summed E-state index contributed by atoms with van der Waals surface area (Å²) in [7, 11) is 3.47. The van der Waals surface area contributed by atoms with E-state index in [0.717, 1.165) is 6.54 Å². The summed E-state index contributed by atoms with van der Waals surface area (Å²) < 4.78 is 5.10. The highest BCUT2D eigenvalue weighted by Gasteiger charge is 2.32.